The minimum absolute atomic E-state index is 0.196. The molecule has 108 valence electrons. The second kappa shape index (κ2) is 6.57. The first-order valence-electron chi connectivity index (χ1n) is 7.05. The fraction of sp³-hybridized carbons (Fsp3) is 0.438. The van der Waals surface area contributed by atoms with Gasteiger partial charge in [0.15, 0.2) is 0 Å². The minimum atomic E-state index is 0.196. The standard InChI is InChI=1S/C16H23N3O/c1-11(2)20-16-7-5-6-14(8-16)12(3)17-9-15-10-18-19-13(15)4/h5-8,10-12,17H,9H2,1-4H3,(H,18,19). The molecule has 0 spiro atoms. The Bertz CT molecular complexity index is 548. The van der Waals surface area contributed by atoms with Crippen molar-refractivity contribution in [1.29, 1.82) is 0 Å². The summed E-state index contributed by atoms with van der Waals surface area (Å²) in [6.07, 6.45) is 2.06. The molecule has 1 unspecified atom stereocenters. The van der Waals surface area contributed by atoms with Crippen LogP contribution in [0.4, 0.5) is 0 Å². The van der Waals surface area contributed by atoms with Crippen molar-refractivity contribution < 1.29 is 4.74 Å². The molecule has 0 saturated carbocycles. The highest BCUT2D eigenvalue weighted by Gasteiger charge is 2.08. The summed E-state index contributed by atoms with van der Waals surface area (Å²) in [6.45, 7) is 9.07. The average Bonchev–Trinajstić information content (AvgIpc) is 2.81. The second-order valence-electron chi connectivity index (χ2n) is 5.36. The summed E-state index contributed by atoms with van der Waals surface area (Å²) in [5.41, 5.74) is 3.54. The van der Waals surface area contributed by atoms with Crippen molar-refractivity contribution in [3.05, 3.63) is 47.3 Å². The zero-order valence-electron chi connectivity index (χ0n) is 12.6. The molecule has 1 aromatic heterocycles. The second-order valence-corrected chi connectivity index (χ2v) is 5.36. The summed E-state index contributed by atoms with van der Waals surface area (Å²) < 4.78 is 5.73. The largest absolute Gasteiger partial charge is 0.491 e. The molecule has 0 saturated heterocycles. The predicted octanol–water partition coefficient (Wildman–Crippen LogP) is 3.36. The average molecular weight is 273 g/mol. The SMILES string of the molecule is Cc1[nH]ncc1CNC(C)c1cccc(OC(C)C)c1. The number of nitrogens with one attached hydrogen (secondary N) is 2. The Morgan fingerprint density at radius 1 is 1.30 bits per heavy atom. The van der Waals surface area contributed by atoms with Gasteiger partial charge in [-0.1, -0.05) is 12.1 Å². The fourth-order valence-corrected chi connectivity index (χ4v) is 2.06. The first-order valence-corrected chi connectivity index (χ1v) is 7.05. The van der Waals surface area contributed by atoms with Crippen LogP contribution in [0.5, 0.6) is 5.75 Å². The molecule has 0 amide bonds. The Morgan fingerprint density at radius 3 is 2.75 bits per heavy atom. The third-order valence-electron chi connectivity index (χ3n) is 3.26. The van der Waals surface area contributed by atoms with Crippen molar-refractivity contribution in [3.63, 3.8) is 0 Å². The van der Waals surface area contributed by atoms with E-state index in [9.17, 15) is 0 Å². The van der Waals surface area contributed by atoms with Crippen molar-refractivity contribution >= 4 is 0 Å². The van der Waals surface area contributed by atoms with Crippen LogP contribution in [-0.2, 0) is 6.54 Å². The molecule has 0 aliphatic rings. The van der Waals surface area contributed by atoms with Crippen molar-refractivity contribution in [2.75, 3.05) is 0 Å². The molecular formula is C16H23N3O. The number of aromatic nitrogens is 2. The molecule has 0 bridgehead atoms. The first kappa shape index (κ1) is 14.6. The number of aromatic amines is 1. The number of hydrogen-bond acceptors (Lipinski definition) is 3. The summed E-state index contributed by atoms with van der Waals surface area (Å²) >= 11 is 0. The summed E-state index contributed by atoms with van der Waals surface area (Å²) in [7, 11) is 0. The molecule has 0 aliphatic carbocycles. The number of H-pyrrole nitrogens is 1. The first-order chi connectivity index (χ1) is 9.56. The third-order valence-corrected chi connectivity index (χ3v) is 3.26. The number of benzene rings is 1. The fourth-order valence-electron chi connectivity index (χ4n) is 2.06. The van der Waals surface area contributed by atoms with Crippen molar-refractivity contribution in [2.24, 2.45) is 0 Å². The van der Waals surface area contributed by atoms with Crippen molar-refractivity contribution in [2.45, 2.75) is 46.4 Å². The monoisotopic (exact) mass is 273 g/mol. The molecule has 2 N–H and O–H groups in total. The van der Waals surface area contributed by atoms with Crippen LogP contribution >= 0.6 is 0 Å². The van der Waals surface area contributed by atoms with Gasteiger partial charge in [-0.25, -0.2) is 0 Å². The molecule has 1 atom stereocenters. The molecule has 0 aliphatic heterocycles. The lowest BCUT2D eigenvalue weighted by Crippen LogP contribution is -2.18. The quantitative estimate of drug-likeness (QED) is 0.848. The van der Waals surface area contributed by atoms with Gasteiger partial charge in [-0.15, -0.1) is 0 Å². The minimum Gasteiger partial charge on any atom is -0.491 e. The van der Waals surface area contributed by atoms with Gasteiger partial charge in [0.25, 0.3) is 0 Å². The van der Waals surface area contributed by atoms with Gasteiger partial charge in [0.1, 0.15) is 5.75 Å². The lowest BCUT2D eigenvalue weighted by Gasteiger charge is -2.16. The topological polar surface area (TPSA) is 49.9 Å². The molecule has 2 aromatic rings. The molecular weight excluding hydrogens is 250 g/mol. The highest BCUT2D eigenvalue weighted by atomic mass is 16.5. The molecule has 1 heterocycles. The molecule has 20 heavy (non-hydrogen) atoms. The van der Waals surface area contributed by atoms with Gasteiger partial charge in [0.05, 0.1) is 12.3 Å². The highest BCUT2D eigenvalue weighted by Crippen LogP contribution is 2.20. The number of rotatable bonds is 6. The maximum Gasteiger partial charge on any atom is 0.120 e. The lowest BCUT2D eigenvalue weighted by molar-refractivity contribution is 0.242. The van der Waals surface area contributed by atoms with Crippen molar-refractivity contribution in [3.8, 4) is 5.75 Å². The van der Waals surface area contributed by atoms with E-state index in [1.807, 2.05) is 39.1 Å². The Labute approximate surface area is 120 Å². The summed E-state index contributed by atoms with van der Waals surface area (Å²) in [5.74, 6) is 0.922. The summed E-state index contributed by atoms with van der Waals surface area (Å²) in [4.78, 5) is 0. The molecule has 0 fully saturated rings. The van der Waals surface area contributed by atoms with E-state index in [4.69, 9.17) is 4.74 Å². The predicted molar refractivity (Wildman–Crippen MR) is 80.8 cm³/mol. The van der Waals surface area contributed by atoms with Crippen LogP contribution in [0.15, 0.2) is 30.5 Å². The normalized spacial score (nSPS) is 12.7. The Hall–Kier alpha value is -1.81. The van der Waals surface area contributed by atoms with E-state index in [0.29, 0.717) is 0 Å². The highest BCUT2D eigenvalue weighted by molar-refractivity contribution is 5.30. The van der Waals surface area contributed by atoms with Crippen LogP contribution in [-0.4, -0.2) is 16.3 Å². The molecule has 0 radical (unpaired) electrons. The van der Waals surface area contributed by atoms with E-state index in [1.165, 1.54) is 11.1 Å². The Morgan fingerprint density at radius 2 is 2.10 bits per heavy atom. The zero-order valence-corrected chi connectivity index (χ0v) is 12.6. The summed E-state index contributed by atoms with van der Waals surface area (Å²) in [6, 6.07) is 8.51. The molecule has 2 rings (SSSR count). The van der Waals surface area contributed by atoms with E-state index in [-0.39, 0.29) is 12.1 Å². The van der Waals surface area contributed by atoms with Gasteiger partial charge in [-0.3, -0.25) is 5.10 Å². The van der Waals surface area contributed by atoms with Crippen LogP contribution in [0.25, 0.3) is 0 Å². The van der Waals surface area contributed by atoms with Gasteiger partial charge >= 0.3 is 0 Å². The van der Waals surface area contributed by atoms with Gasteiger partial charge in [-0.2, -0.15) is 5.10 Å². The lowest BCUT2D eigenvalue weighted by atomic mass is 10.1. The Kier molecular flexibility index (Phi) is 4.79. The number of ether oxygens (including phenoxy) is 1. The van der Waals surface area contributed by atoms with E-state index in [1.54, 1.807) is 0 Å². The molecule has 1 aromatic carbocycles. The number of aryl methyl sites for hydroxylation is 1. The van der Waals surface area contributed by atoms with E-state index >= 15 is 0 Å². The third kappa shape index (κ3) is 3.84. The van der Waals surface area contributed by atoms with Crippen molar-refractivity contribution in [1.82, 2.24) is 15.5 Å². The molecule has 4 nitrogen and oxygen atoms in total. The van der Waals surface area contributed by atoms with Crippen LogP contribution in [0.3, 0.4) is 0 Å². The van der Waals surface area contributed by atoms with Crippen LogP contribution in [0, 0.1) is 6.92 Å². The maximum absolute atomic E-state index is 5.73. The zero-order chi connectivity index (χ0) is 14.5. The molecule has 4 heteroatoms. The number of hydrogen-bond donors (Lipinski definition) is 2. The van der Waals surface area contributed by atoms with Gasteiger partial charge in [0.2, 0.25) is 0 Å². The van der Waals surface area contributed by atoms with Crippen LogP contribution < -0.4 is 10.1 Å². The van der Waals surface area contributed by atoms with Crippen LogP contribution in [0.1, 0.15) is 43.6 Å². The Balaban J connectivity index is 1.98. The van der Waals surface area contributed by atoms with Gasteiger partial charge in [0, 0.05) is 23.8 Å². The van der Waals surface area contributed by atoms with Crippen LogP contribution in [0.2, 0.25) is 0 Å². The van der Waals surface area contributed by atoms with E-state index in [2.05, 4.69) is 34.6 Å². The van der Waals surface area contributed by atoms with E-state index in [0.717, 1.165) is 18.0 Å². The van der Waals surface area contributed by atoms with E-state index < -0.39 is 0 Å². The number of nitrogens with zero attached hydrogens (tertiary/aromatic N) is 1. The maximum atomic E-state index is 5.73. The van der Waals surface area contributed by atoms with Gasteiger partial charge < -0.3 is 10.1 Å². The smallest absolute Gasteiger partial charge is 0.120 e. The van der Waals surface area contributed by atoms with Gasteiger partial charge in [-0.05, 0) is 45.4 Å². The summed E-state index contributed by atoms with van der Waals surface area (Å²) in [5, 5.41) is 10.5.